The molecule has 3 heteroatoms. The van der Waals surface area contributed by atoms with Crippen LogP contribution >= 0.6 is 0 Å². The van der Waals surface area contributed by atoms with E-state index in [9.17, 15) is 4.79 Å². The first-order chi connectivity index (χ1) is 15.7. The zero-order valence-corrected chi connectivity index (χ0v) is 20.9. The predicted molar refractivity (Wildman–Crippen MR) is 133 cm³/mol. The van der Waals surface area contributed by atoms with Gasteiger partial charge in [-0.2, -0.15) is 0 Å². The van der Waals surface area contributed by atoms with Gasteiger partial charge in [0.2, 0.25) is 0 Å². The van der Waals surface area contributed by atoms with Gasteiger partial charge in [-0.1, -0.05) is 102 Å². The van der Waals surface area contributed by atoms with E-state index < -0.39 is 5.41 Å². The van der Waals surface area contributed by atoms with Crippen molar-refractivity contribution in [3.63, 3.8) is 0 Å². The van der Waals surface area contributed by atoms with E-state index in [0.717, 1.165) is 30.4 Å². The molecule has 2 fully saturated rings. The predicted octanol–water partition coefficient (Wildman–Crippen LogP) is 7.21. The first-order valence-corrected chi connectivity index (χ1v) is 12.7. The van der Waals surface area contributed by atoms with E-state index >= 15 is 0 Å². The number of rotatable bonds is 8. The van der Waals surface area contributed by atoms with E-state index in [-0.39, 0.29) is 23.6 Å². The van der Waals surface area contributed by atoms with Crippen LogP contribution in [0.1, 0.15) is 77.5 Å². The van der Waals surface area contributed by atoms with Crippen molar-refractivity contribution < 1.29 is 14.3 Å². The Balaban J connectivity index is 1.52. The second kappa shape index (κ2) is 9.62. The second-order valence-corrected chi connectivity index (χ2v) is 11.4. The Hall–Kier alpha value is -2.13. The average Bonchev–Trinajstić information content (AvgIpc) is 3.37. The first kappa shape index (κ1) is 24.0. The summed E-state index contributed by atoms with van der Waals surface area (Å²) in [5.74, 6) is 1.52. The second-order valence-electron chi connectivity index (χ2n) is 11.4. The van der Waals surface area contributed by atoms with Gasteiger partial charge in [0.05, 0.1) is 12.0 Å². The highest BCUT2D eigenvalue weighted by Crippen LogP contribution is 2.65. The number of esters is 1. The van der Waals surface area contributed by atoms with Crippen molar-refractivity contribution in [2.75, 3.05) is 6.61 Å². The molecule has 2 saturated carbocycles. The fraction of sp³-hybridized carbons (Fsp3) is 0.567. The summed E-state index contributed by atoms with van der Waals surface area (Å²) in [5.41, 5.74) is 1.52. The number of hydrogen-bond acceptors (Lipinski definition) is 3. The minimum absolute atomic E-state index is 0.0218. The van der Waals surface area contributed by atoms with Crippen molar-refractivity contribution in [1.82, 2.24) is 0 Å². The molecule has 0 saturated heterocycles. The molecular formula is C30H40O3. The highest BCUT2D eigenvalue weighted by Gasteiger charge is 2.68. The maximum absolute atomic E-state index is 13.7. The lowest BCUT2D eigenvalue weighted by Gasteiger charge is -2.37. The molecule has 0 amide bonds. The van der Waals surface area contributed by atoms with Crippen molar-refractivity contribution in [2.24, 2.45) is 28.6 Å². The van der Waals surface area contributed by atoms with Gasteiger partial charge in [-0.3, -0.25) is 4.79 Å². The highest BCUT2D eigenvalue weighted by atomic mass is 16.6. The van der Waals surface area contributed by atoms with Gasteiger partial charge in [0.25, 0.3) is 0 Å². The third-order valence-corrected chi connectivity index (χ3v) is 8.23. The fourth-order valence-electron chi connectivity index (χ4n) is 5.73. The lowest BCUT2D eigenvalue weighted by atomic mass is 9.75. The summed E-state index contributed by atoms with van der Waals surface area (Å²) in [6.45, 7) is 11.5. The molecule has 178 valence electrons. The van der Waals surface area contributed by atoms with Gasteiger partial charge in [-0.05, 0) is 53.6 Å². The monoisotopic (exact) mass is 448 g/mol. The molecule has 2 aliphatic carbocycles. The van der Waals surface area contributed by atoms with E-state index in [4.69, 9.17) is 9.47 Å². The van der Waals surface area contributed by atoms with Crippen LogP contribution in [0.4, 0.5) is 0 Å². The highest BCUT2D eigenvalue weighted by molar-refractivity contribution is 5.82. The van der Waals surface area contributed by atoms with Gasteiger partial charge >= 0.3 is 5.97 Å². The summed E-state index contributed by atoms with van der Waals surface area (Å²) in [7, 11) is 0. The standard InChI is InChI=1S/C30H40O3/c1-21(2)25-17-16-22(3)18-26(25)33-28(31)30(19-29(30,4)5)20-32-27(23-12-8-6-9-13-23)24-14-10-7-11-15-24/h6-15,21-22,25-27H,16-20H2,1-5H3. The van der Waals surface area contributed by atoms with Crippen molar-refractivity contribution in [3.05, 3.63) is 71.8 Å². The Bertz CT molecular complexity index is 881. The summed E-state index contributed by atoms with van der Waals surface area (Å²) in [6.07, 6.45) is 3.98. The molecule has 0 bridgehead atoms. The molecule has 2 aliphatic rings. The van der Waals surface area contributed by atoms with E-state index in [1.807, 2.05) is 36.4 Å². The van der Waals surface area contributed by atoms with Crippen LogP contribution in [0.2, 0.25) is 0 Å². The van der Waals surface area contributed by atoms with Crippen molar-refractivity contribution in [1.29, 1.82) is 0 Å². The Labute approximate surface area is 199 Å². The molecule has 4 unspecified atom stereocenters. The van der Waals surface area contributed by atoms with Gasteiger partial charge in [-0.15, -0.1) is 0 Å². The fourth-order valence-corrected chi connectivity index (χ4v) is 5.73. The Morgan fingerprint density at radius 3 is 2.00 bits per heavy atom. The zero-order chi connectivity index (χ0) is 23.6. The summed E-state index contributed by atoms with van der Waals surface area (Å²) in [4.78, 5) is 13.7. The smallest absolute Gasteiger partial charge is 0.315 e. The molecule has 4 atom stereocenters. The van der Waals surface area contributed by atoms with E-state index in [0.29, 0.717) is 24.4 Å². The van der Waals surface area contributed by atoms with Crippen LogP contribution < -0.4 is 0 Å². The van der Waals surface area contributed by atoms with E-state index in [1.54, 1.807) is 0 Å². The van der Waals surface area contributed by atoms with Gasteiger partial charge in [-0.25, -0.2) is 0 Å². The minimum Gasteiger partial charge on any atom is -0.462 e. The Kier molecular flexibility index (Phi) is 7.00. The molecule has 2 aromatic rings. The normalized spacial score (nSPS) is 28.6. The quantitative estimate of drug-likeness (QED) is 0.400. The van der Waals surface area contributed by atoms with Crippen molar-refractivity contribution in [2.45, 2.75) is 72.5 Å². The number of carbonyl (C=O) groups is 1. The molecule has 2 aromatic carbocycles. The molecule has 3 nitrogen and oxygen atoms in total. The molecular weight excluding hydrogens is 408 g/mol. The third-order valence-electron chi connectivity index (χ3n) is 8.23. The van der Waals surface area contributed by atoms with Crippen LogP contribution in [0.15, 0.2) is 60.7 Å². The van der Waals surface area contributed by atoms with Crippen molar-refractivity contribution in [3.8, 4) is 0 Å². The molecule has 33 heavy (non-hydrogen) atoms. The van der Waals surface area contributed by atoms with Gasteiger partial charge < -0.3 is 9.47 Å². The summed E-state index contributed by atoms with van der Waals surface area (Å²) in [5, 5.41) is 0. The van der Waals surface area contributed by atoms with Crippen LogP contribution in [0.3, 0.4) is 0 Å². The molecule has 0 aromatic heterocycles. The average molecular weight is 449 g/mol. The molecule has 0 aliphatic heterocycles. The van der Waals surface area contributed by atoms with Gasteiger partial charge in [0.15, 0.2) is 0 Å². The SMILES string of the molecule is CC1CCC(C(C)C)C(OC(=O)C2(COC(c3ccccc3)c3ccccc3)CC2(C)C)C1. The summed E-state index contributed by atoms with van der Waals surface area (Å²) >= 11 is 0. The summed E-state index contributed by atoms with van der Waals surface area (Å²) < 4.78 is 12.9. The minimum atomic E-state index is -0.572. The van der Waals surface area contributed by atoms with Crippen LogP contribution in [0.25, 0.3) is 0 Å². The van der Waals surface area contributed by atoms with Gasteiger partial charge in [0.1, 0.15) is 12.2 Å². The maximum Gasteiger partial charge on any atom is 0.315 e. The number of benzene rings is 2. The summed E-state index contributed by atoms with van der Waals surface area (Å²) in [6, 6.07) is 20.6. The Morgan fingerprint density at radius 2 is 1.52 bits per heavy atom. The topological polar surface area (TPSA) is 35.5 Å². The van der Waals surface area contributed by atoms with Crippen LogP contribution in [-0.4, -0.2) is 18.7 Å². The molecule has 0 spiro atoms. The van der Waals surface area contributed by atoms with Crippen molar-refractivity contribution >= 4 is 5.97 Å². The third kappa shape index (κ3) is 5.04. The lowest BCUT2D eigenvalue weighted by molar-refractivity contribution is -0.167. The Morgan fingerprint density at radius 1 is 0.970 bits per heavy atom. The molecule has 0 N–H and O–H groups in total. The molecule has 4 rings (SSSR count). The zero-order valence-electron chi connectivity index (χ0n) is 20.9. The molecule has 0 radical (unpaired) electrons. The number of hydrogen-bond donors (Lipinski definition) is 0. The largest absolute Gasteiger partial charge is 0.462 e. The van der Waals surface area contributed by atoms with Crippen LogP contribution in [-0.2, 0) is 14.3 Å². The number of carbonyl (C=O) groups excluding carboxylic acids is 1. The van der Waals surface area contributed by atoms with E-state index in [1.165, 1.54) is 6.42 Å². The van der Waals surface area contributed by atoms with Crippen LogP contribution in [0, 0.1) is 28.6 Å². The lowest BCUT2D eigenvalue weighted by Crippen LogP contribution is -2.39. The maximum atomic E-state index is 13.7. The van der Waals surface area contributed by atoms with Gasteiger partial charge in [0, 0.05) is 0 Å². The van der Waals surface area contributed by atoms with Crippen LogP contribution in [0.5, 0.6) is 0 Å². The van der Waals surface area contributed by atoms with E-state index in [2.05, 4.69) is 58.9 Å². The molecule has 0 heterocycles. The number of ether oxygens (including phenoxy) is 2. The first-order valence-electron chi connectivity index (χ1n) is 12.7.